The normalized spacial score (nSPS) is 10.9. The van der Waals surface area contributed by atoms with Gasteiger partial charge in [0.15, 0.2) is 23.0 Å². The first-order valence-electron chi connectivity index (χ1n) is 13.8. The molecule has 0 aliphatic heterocycles. The van der Waals surface area contributed by atoms with Crippen LogP contribution in [0.15, 0.2) is 96.6 Å². The molecule has 0 aliphatic carbocycles. The Morgan fingerprint density at radius 1 is 0.738 bits per heavy atom. The molecular formula is C35H34N2O5. The predicted molar refractivity (Wildman–Crippen MR) is 164 cm³/mol. The summed E-state index contributed by atoms with van der Waals surface area (Å²) in [4.78, 5) is 12.7. The van der Waals surface area contributed by atoms with Crippen molar-refractivity contribution in [2.75, 3.05) is 18.5 Å². The second kappa shape index (κ2) is 15.0. The highest BCUT2D eigenvalue weighted by molar-refractivity contribution is 6.09. The SMILES string of the molecule is CCOc1cc(/C=C(/C#N)C(=O)Nc2ccc(C)cc2)ccc1OCc1ccc(OCc2ccccc2)c(OCC)c1. The third-order valence-electron chi connectivity index (χ3n) is 6.19. The summed E-state index contributed by atoms with van der Waals surface area (Å²) in [6.45, 7) is 7.41. The van der Waals surface area contributed by atoms with Gasteiger partial charge in [-0.3, -0.25) is 4.79 Å². The van der Waals surface area contributed by atoms with E-state index >= 15 is 0 Å². The van der Waals surface area contributed by atoms with E-state index in [9.17, 15) is 10.1 Å². The molecule has 0 atom stereocenters. The highest BCUT2D eigenvalue weighted by atomic mass is 16.5. The number of aryl methyl sites for hydroxylation is 1. The minimum absolute atomic E-state index is 0.0234. The second-order valence-corrected chi connectivity index (χ2v) is 9.41. The Hall–Kier alpha value is -5.22. The number of nitriles is 1. The van der Waals surface area contributed by atoms with Crippen molar-refractivity contribution in [3.63, 3.8) is 0 Å². The number of carbonyl (C=O) groups is 1. The highest BCUT2D eigenvalue weighted by Gasteiger charge is 2.13. The Morgan fingerprint density at radius 3 is 2.00 bits per heavy atom. The third-order valence-corrected chi connectivity index (χ3v) is 6.19. The molecular weight excluding hydrogens is 528 g/mol. The Morgan fingerprint density at radius 2 is 1.36 bits per heavy atom. The molecule has 0 spiro atoms. The number of amides is 1. The predicted octanol–water partition coefficient (Wildman–Crippen LogP) is 7.50. The summed E-state index contributed by atoms with van der Waals surface area (Å²) in [7, 11) is 0. The summed E-state index contributed by atoms with van der Waals surface area (Å²) in [5.41, 5.74) is 4.28. The minimum Gasteiger partial charge on any atom is -0.490 e. The van der Waals surface area contributed by atoms with E-state index in [2.05, 4.69) is 5.32 Å². The van der Waals surface area contributed by atoms with Crippen LogP contribution in [0.2, 0.25) is 0 Å². The molecule has 4 aromatic rings. The van der Waals surface area contributed by atoms with E-state index in [1.807, 2.05) is 87.5 Å². The lowest BCUT2D eigenvalue weighted by atomic mass is 10.1. The summed E-state index contributed by atoms with van der Waals surface area (Å²) >= 11 is 0. The molecule has 0 unspecified atom stereocenters. The van der Waals surface area contributed by atoms with Crippen LogP contribution in [0.4, 0.5) is 5.69 Å². The number of carbonyl (C=O) groups excluding carboxylic acids is 1. The molecule has 42 heavy (non-hydrogen) atoms. The molecule has 1 amide bonds. The number of hydrogen-bond donors (Lipinski definition) is 1. The fraction of sp³-hybridized carbons (Fsp3) is 0.200. The monoisotopic (exact) mass is 562 g/mol. The first-order valence-corrected chi connectivity index (χ1v) is 13.8. The molecule has 0 radical (unpaired) electrons. The lowest BCUT2D eigenvalue weighted by molar-refractivity contribution is -0.112. The number of benzene rings is 4. The van der Waals surface area contributed by atoms with Crippen molar-refractivity contribution in [2.24, 2.45) is 0 Å². The van der Waals surface area contributed by atoms with Crippen molar-refractivity contribution in [1.82, 2.24) is 0 Å². The maximum atomic E-state index is 12.7. The van der Waals surface area contributed by atoms with Crippen molar-refractivity contribution in [3.05, 3.63) is 119 Å². The Bertz CT molecular complexity index is 1560. The molecule has 214 valence electrons. The van der Waals surface area contributed by atoms with E-state index in [1.54, 1.807) is 30.3 Å². The summed E-state index contributed by atoms with van der Waals surface area (Å²) in [5.74, 6) is 1.87. The lowest BCUT2D eigenvalue weighted by Gasteiger charge is -2.15. The maximum absolute atomic E-state index is 12.7. The van der Waals surface area contributed by atoms with Gasteiger partial charge < -0.3 is 24.3 Å². The topological polar surface area (TPSA) is 89.8 Å². The van der Waals surface area contributed by atoms with Crippen LogP contribution in [-0.2, 0) is 18.0 Å². The summed E-state index contributed by atoms with van der Waals surface area (Å²) in [6.07, 6.45) is 1.53. The van der Waals surface area contributed by atoms with E-state index in [4.69, 9.17) is 18.9 Å². The standard InChI is InChI=1S/C35H34N2O5/c1-4-39-33-20-27(19-29(22-36)35(38)37-30-15-11-25(3)12-16-30)13-17-31(33)42-24-28-14-18-32(34(21-28)40-5-2)41-23-26-9-7-6-8-10-26/h6-21H,4-5,23-24H2,1-3H3,(H,37,38)/b29-19-. The van der Waals surface area contributed by atoms with Crippen molar-refractivity contribution >= 4 is 17.7 Å². The van der Waals surface area contributed by atoms with Crippen LogP contribution in [0.3, 0.4) is 0 Å². The molecule has 0 heterocycles. The van der Waals surface area contributed by atoms with Crippen molar-refractivity contribution in [2.45, 2.75) is 34.0 Å². The van der Waals surface area contributed by atoms with Crippen LogP contribution in [0, 0.1) is 18.3 Å². The van der Waals surface area contributed by atoms with Gasteiger partial charge in [0, 0.05) is 5.69 Å². The zero-order valence-corrected chi connectivity index (χ0v) is 24.1. The largest absolute Gasteiger partial charge is 0.490 e. The second-order valence-electron chi connectivity index (χ2n) is 9.41. The van der Waals surface area contributed by atoms with Gasteiger partial charge in [0.05, 0.1) is 13.2 Å². The Kier molecular flexibility index (Phi) is 10.6. The number of anilines is 1. The first kappa shape index (κ1) is 29.8. The van der Waals surface area contributed by atoms with E-state index in [-0.39, 0.29) is 12.2 Å². The van der Waals surface area contributed by atoms with E-state index in [1.165, 1.54) is 6.08 Å². The third kappa shape index (κ3) is 8.39. The first-order chi connectivity index (χ1) is 20.5. The summed E-state index contributed by atoms with van der Waals surface area (Å²) < 4.78 is 23.8. The number of rotatable bonds is 13. The molecule has 0 saturated carbocycles. The van der Waals surface area contributed by atoms with Crippen molar-refractivity contribution < 1.29 is 23.7 Å². The zero-order chi connectivity index (χ0) is 29.7. The number of nitrogens with one attached hydrogen (secondary N) is 1. The van der Waals surface area contributed by atoms with Crippen LogP contribution in [0.1, 0.15) is 36.1 Å². The average molecular weight is 563 g/mol. The van der Waals surface area contributed by atoms with Crippen LogP contribution in [-0.4, -0.2) is 19.1 Å². The van der Waals surface area contributed by atoms with Crippen molar-refractivity contribution in [3.8, 4) is 29.1 Å². The fourth-order valence-electron chi connectivity index (χ4n) is 4.08. The van der Waals surface area contributed by atoms with Crippen molar-refractivity contribution in [1.29, 1.82) is 5.26 Å². The fourth-order valence-corrected chi connectivity index (χ4v) is 4.08. The molecule has 0 saturated heterocycles. The molecule has 0 bridgehead atoms. The van der Waals surface area contributed by atoms with Gasteiger partial charge in [-0.1, -0.05) is 60.2 Å². The Labute approximate surface area is 246 Å². The van der Waals surface area contributed by atoms with Gasteiger partial charge >= 0.3 is 0 Å². The van der Waals surface area contributed by atoms with Crippen LogP contribution >= 0.6 is 0 Å². The lowest BCUT2D eigenvalue weighted by Crippen LogP contribution is -2.13. The molecule has 7 nitrogen and oxygen atoms in total. The smallest absolute Gasteiger partial charge is 0.266 e. The molecule has 0 fully saturated rings. The van der Waals surface area contributed by atoms with Crippen LogP contribution in [0.25, 0.3) is 6.08 Å². The van der Waals surface area contributed by atoms with Crippen LogP contribution < -0.4 is 24.3 Å². The molecule has 7 heteroatoms. The summed E-state index contributed by atoms with van der Waals surface area (Å²) in [6, 6.07) is 30.4. The van der Waals surface area contributed by atoms with E-state index in [0.717, 1.165) is 16.7 Å². The van der Waals surface area contributed by atoms with E-state index < -0.39 is 5.91 Å². The maximum Gasteiger partial charge on any atom is 0.266 e. The van der Waals surface area contributed by atoms with Gasteiger partial charge in [-0.15, -0.1) is 0 Å². The number of ether oxygens (including phenoxy) is 4. The van der Waals surface area contributed by atoms with Crippen LogP contribution in [0.5, 0.6) is 23.0 Å². The quantitative estimate of drug-likeness (QED) is 0.134. The zero-order valence-electron chi connectivity index (χ0n) is 24.1. The molecule has 4 rings (SSSR count). The van der Waals surface area contributed by atoms with Gasteiger partial charge in [-0.05, 0) is 79.9 Å². The van der Waals surface area contributed by atoms with Gasteiger partial charge in [0.1, 0.15) is 24.9 Å². The average Bonchev–Trinajstić information content (AvgIpc) is 3.01. The van der Waals surface area contributed by atoms with E-state index in [0.29, 0.717) is 54.1 Å². The highest BCUT2D eigenvalue weighted by Crippen LogP contribution is 2.33. The molecule has 1 N–H and O–H groups in total. The van der Waals surface area contributed by atoms with Gasteiger partial charge in [-0.25, -0.2) is 0 Å². The summed E-state index contributed by atoms with van der Waals surface area (Å²) in [5, 5.41) is 12.4. The van der Waals surface area contributed by atoms with Gasteiger partial charge in [-0.2, -0.15) is 5.26 Å². The molecule has 0 aliphatic rings. The van der Waals surface area contributed by atoms with Gasteiger partial charge in [0.2, 0.25) is 0 Å². The number of hydrogen-bond acceptors (Lipinski definition) is 6. The van der Waals surface area contributed by atoms with Gasteiger partial charge in [0.25, 0.3) is 5.91 Å². The molecule has 0 aromatic heterocycles. The molecule has 4 aromatic carbocycles. The number of nitrogens with zero attached hydrogens (tertiary/aromatic N) is 1. The minimum atomic E-state index is -0.485. The Balaban J connectivity index is 1.46.